The van der Waals surface area contributed by atoms with Gasteiger partial charge in [0.15, 0.2) is 0 Å². The molecule has 1 nitrogen and oxygen atoms in total. The second-order valence-electron chi connectivity index (χ2n) is 1.40. The lowest BCUT2D eigenvalue weighted by molar-refractivity contribution is 0.182. The molecule has 2 radical (unpaired) electrons. The van der Waals surface area contributed by atoms with Crippen LogP contribution in [-0.2, 0) is 5.11 Å². The first kappa shape index (κ1) is 3.16. The summed E-state index contributed by atoms with van der Waals surface area (Å²) in [6.45, 7) is 0.111. The van der Waals surface area contributed by atoms with Gasteiger partial charge in [0.05, 0.1) is 6.61 Å². The fraction of sp³-hybridized carbons (Fsp3) is 0.750. The number of hydrogen-bond donors (Lipinski definition) is 0. The molecular weight excluding hydrogens is 64.0 g/mol. The largest absolute Gasteiger partial charge is 0.236 e. The molecule has 0 saturated heterocycles. The van der Waals surface area contributed by atoms with E-state index >= 15 is 0 Å². The molecule has 5 heavy (non-hydrogen) atoms. The molecule has 0 aromatic rings. The predicted octanol–water partition coefficient (Wildman–Crippen LogP) is 0.641. The van der Waals surface area contributed by atoms with E-state index in [2.05, 4.69) is 0 Å². The van der Waals surface area contributed by atoms with E-state index in [1.54, 1.807) is 0 Å². The van der Waals surface area contributed by atoms with Gasteiger partial charge in [0.25, 0.3) is 0 Å². The average molecular weight is 70.1 g/mol. The van der Waals surface area contributed by atoms with Crippen molar-refractivity contribution >= 4 is 0 Å². The van der Waals surface area contributed by atoms with Crippen LogP contribution < -0.4 is 0 Å². The Morgan fingerprint density at radius 1 is 2.00 bits per heavy atom. The Hall–Kier alpha value is -0.0400. The van der Waals surface area contributed by atoms with Crippen LogP contribution in [0.2, 0.25) is 0 Å². The highest BCUT2D eigenvalue weighted by Crippen LogP contribution is 2.25. The lowest BCUT2D eigenvalue weighted by Gasteiger charge is -1.69. The number of rotatable bonds is 1. The van der Waals surface area contributed by atoms with Gasteiger partial charge in [-0.2, -0.15) is 0 Å². The molecule has 1 heteroatoms. The van der Waals surface area contributed by atoms with Gasteiger partial charge in [-0.25, -0.2) is 5.11 Å². The Balaban J connectivity index is 2.00. The minimum absolute atomic E-state index is 0.111. The van der Waals surface area contributed by atoms with Crippen LogP contribution in [-0.4, -0.2) is 6.61 Å². The van der Waals surface area contributed by atoms with Crippen molar-refractivity contribution in [3.05, 3.63) is 6.42 Å². The van der Waals surface area contributed by atoms with Gasteiger partial charge in [-0.3, -0.25) is 0 Å². The molecule has 1 rings (SSSR count). The van der Waals surface area contributed by atoms with Gasteiger partial charge in [0, 0.05) is 0 Å². The summed E-state index contributed by atoms with van der Waals surface area (Å²) in [5.41, 5.74) is 0. The molecule has 1 aliphatic carbocycles. The first-order valence-electron chi connectivity index (χ1n) is 1.85. The van der Waals surface area contributed by atoms with Crippen LogP contribution in [0.1, 0.15) is 6.42 Å². The van der Waals surface area contributed by atoms with Crippen LogP contribution in [0.15, 0.2) is 0 Å². The van der Waals surface area contributed by atoms with Gasteiger partial charge < -0.3 is 0 Å². The van der Waals surface area contributed by atoms with E-state index in [4.69, 9.17) is 0 Å². The standard InChI is InChI=1S/C4H6O/c5-3-4-1-2-4/h1,4H,2-3H2. The van der Waals surface area contributed by atoms with Crippen LogP contribution >= 0.6 is 0 Å². The Morgan fingerprint density at radius 2 is 2.60 bits per heavy atom. The smallest absolute Gasteiger partial charge is 0.0853 e. The first-order chi connectivity index (χ1) is 2.43. The molecule has 0 aromatic heterocycles. The highest BCUT2D eigenvalue weighted by atomic mass is 16.3. The fourth-order valence-corrected chi connectivity index (χ4v) is 0.232. The van der Waals surface area contributed by atoms with Crippen LogP contribution in [0.25, 0.3) is 0 Å². The molecule has 1 atom stereocenters. The molecule has 1 saturated carbocycles. The maximum Gasteiger partial charge on any atom is 0.0853 e. The Bertz CT molecular complexity index is 30.6. The van der Waals surface area contributed by atoms with E-state index in [1.165, 1.54) is 0 Å². The van der Waals surface area contributed by atoms with Crippen molar-refractivity contribution in [2.75, 3.05) is 6.61 Å². The first-order valence-corrected chi connectivity index (χ1v) is 1.85. The zero-order chi connectivity index (χ0) is 3.70. The van der Waals surface area contributed by atoms with Crippen LogP contribution in [0.3, 0.4) is 0 Å². The topological polar surface area (TPSA) is 19.9 Å². The zero-order valence-electron chi connectivity index (χ0n) is 2.98. The molecule has 0 heterocycles. The second kappa shape index (κ2) is 0.977. The van der Waals surface area contributed by atoms with Crippen molar-refractivity contribution in [3.63, 3.8) is 0 Å². The lowest BCUT2D eigenvalue weighted by Crippen LogP contribution is -1.76. The zero-order valence-corrected chi connectivity index (χ0v) is 2.98. The molecule has 0 aromatic carbocycles. The van der Waals surface area contributed by atoms with Crippen molar-refractivity contribution in [1.82, 2.24) is 0 Å². The van der Waals surface area contributed by atoms with E-state index in [-0.39, 0.29) is 6.61 Å². The monoisotopic (exact) mass is 70.0 g/mol. The lowest BCUT2D eigenvalue weighted by atomic mass is 10.5. The summed E-state index contributed by atoms with van der Waals surface area (Å²) in [5, 5.41) is 9.66. The van der Waals surface area contributed by atoms with Gasteiger partial charge in [0.2, 0.25) is 0 Å². The van der Waals surface area contributed by atoms with E-state index in [1.807, 2.05) is 6.42 Å². The van der Waals surface area contributed by atoms with Gasteiger partial charge in [0.1, 0.15) is 0 Å². The summed E-state index contributed by atoms with van der Waals surface area (Å²) in [4.78, 5) is 0. The van der Waals surface area contributed by atoms with E-state index < -0.39 is 0 Å². The van der Waals surface area contributed by atoms with Crippen molar-refractivity contribution in [3.8, 4) is 0 Å². The minimum Gasteiger partial charge on any atom is -0.236 e. The van der Waals surface area contributed by atoms with E-state index in [0.29, 0.717) is 5.92 Å². The van der Waals surface area contributed by atoms with Crippen LogP contribution in [0.4, 0.5) is 0 Å². The van der Waals surface area contributed by atoms with Crippen molar-refractivity contribution in [2.24, 2.45) is 5.92 Å². The Morgan fingerprint density at radius 3 is 2.60 bits per heavy atom. The predicted molar refractivity (Wildman–Crippen MR) is 18.0 cm³/mol. The maximum absolute atomic E-state index is 9.66. The molecule has 1 unspecified atom stereocenters. The summed E-state index contributed by atoms with van der Waals surface area (Å²) in [7, 11) is 0. The molecule has 1 fully saturated rings. The van der Waals surface area contributed by atoms with E-state index in [0.717, 1.165) is 6.42 Å². The average Bonchev–Trinajstić information content (AvgIpc) is 2.12. The Labute approximate surface area is 31.6 Å². The SMILES string of the molecule is [O]CC1[CH]C1. The summed E-state index contributed by atoms with van der Waals surface area (Å²) < 4.78 is 0. The second-order valence-corrected chi connectivity index (χ2v) is 1.40. The van der Waals surface area contributed by atoms with Gasteiger partial charge in [-0.15, -0.1) is 0 Å². The highest BCUT2D eigenvalue weighted by molar-refractivity contribution is 4.93. The third-order valence-corrected chi connectivity index (χ3v) is 0.783. The van der Waals surface area contributed by atoms with Crippen molar-refractivity contribution < 1.29 is 5.11 Å². The summed E-state index contributed by atoms with van der Waals surface area (Å²) >= 11 is 0. The van der Waals surface area contributed by atoms with Gasteiger partial charge in [-0.05, 0) is 18.8 Å². The van der Waals surface area contributed by atoms with Gasteiger partial charge in [-0.1, -0.05) is 0 Å². The fourth-order valence-electron chi connectivity index (χ4n) is 0.232. The summed E-state index contributed by atoms with van der Waals surface area (Å²) in [6, 6.07) is 0. The Kier molecular flexibility index (Phi) is 0.618. The molecule has 0 amide bonds. The molecule has 28 valence electrons. The third-order valence-electron chi connectivity index (χ3n) is 0.783. The normalized spacial score (nSPS) is 23.4. The van der Waals surface area contributed by atoms with Crippen LogP contribution in [0.5, 0.6) is 0 Å². The van der Waals surface area contributed by atoms with Crippen molar-refractivity contribution in [1.29, 1.82) is 0 Å². The minimum atomic E-state index is 0.111. The molecule has 1 aliphatic rings. The summed E-state index contributed by atoms with van der Waals surface area (Å²) in [5.74, 6) is 0.454. The molecule has 0 aliphatic heterocycles. The third kappa shape index (κ3) is 0.618. The number of hydrogen-bond acceptors (Lipinski definition) is 0. The van der Waals surface area contributed by atoms with Crippen molar-refractivity contribution in [2.45, 2.75) is 6.42 Å². The maximum atomic E-state index is 9.66. The van der Waals surface area contributed by atoms with Gasteiger partial charge >= 0.3 is 0 Å². The summed E-state index contributed by atoms with van der Waals surface area (Å²) in [6.07, 6.45) is 3.11. The molecule has 0 spiro atoms. The molecular formula is C4H6O. The highest BCUT2D eigenvalue weighted by Gasteiger charge is 2.20. The van der Waals surface area contributed by atoms with E-state index in [9.17, 15) is 5.11 Å². The van der Waals surface area contributed by atoms with Crippen LogP contribution in [0, 0.1) is 12.3 Å². The molecule has 0 bridgehead atoms. The quantitative estimate of drug-likeness (QED) is 0.431. The molecule has 0 N–H and O–H groups in total.